The highest BCUT2D eigenvalue weighted by Gasteiger charge is 2.18. The van der Waals surface area contributed by atoms with Crippen LogP contribution in [0.2, 0.25) is 0 Å². The molecule has 0 spiro atoms. The number of anilines is 1. The molecule has 0 aromatic heterocycles. The van der Waals surface area contributed by atoms with E-state index in [2.05, 4.69) is 33.2 Å². The fourth-order valence-electron chi connectivity index (χ4n) is 2.22. The summed E-state index contributed by atoms with van der Waals surface area (Å²) < 4.78 is 27.6. The molecule has 1 aliphatic heterocycles. The smallest absolute Gasteiger partial charge is 0.150 e. The molecule has 0 radical (unpaired) electrons. The molecule has 100 valence electrons. The van der Waals surface area contributed by atoms with E-state index in [-0.39, 0.29) is 5.69 Å². The molecule has 1 aliphatic rings. The molecular weight excluding hydrogens is 302 g/mol. The van der Waals surface area contributed by atoms with Gasteiger partial charge in [-0.15, -0.1) is 0 Å². The van der Waals surface area contributed by atoms with E-state index in [0.717, 1.165) is 25.9 Å². The van der Waals surface area contributed by atoms with Gasteiger partial charge in [0.2, 0.25) is 0 Å². The monoisotopic (exact) mass is 318 g/mol. The van der Waals surface area contributed by atoms with Crippen molar-refractivity contribution in [3.05, 3.63) is 28.2 Å². The minimum absolute atomic E-state index is 0.0165. The molecule has 5 heteroatoms. The standard InChI is InChI=1S/C13H17BrF2N2/c1-18-4-2-9(3-5-18)8-17-13-11(15)6-10(14)7-12(13)16/h6-7,9,17H,2-5,8H2,1H3. The van der Waals surface area contributed by atoms with Crippen LogP contribution in [0, 0.1) is 17.6 Å². The quantitative estimate of drug-likeness (QED) is 0.918. The molecule has 0 atom stereocenters. The van der Waals surface area contributed by atoms with Gasteiger partial charge in [0.15, 0.2) is 0 Å². The molecule has 0 bridgehead atoms. The number of piperidine rings is 1. The number of hydrogen-bond acceptors (Lipinski definition) is 2. The molecule has 1 saturated heterocycles. The van der Waals surface area contributed by atoms with Crippen molar-refractivity contribution in [3.63, 3.8) is 0 Å². The van der Waals surface area contributed by atoms with Crippen molar-refractivity contribution in [2.24, 2.45) is 5.92 Å². The van der Waals surface area contributed by atoms with Crippen LogP contribution in [0.25, 0.3) is 0 Å². The van der Waals surface area contributed by atoms with E-state index >= 15 is 0 Å². The SMILES string of the molecule is CN1CCC(CNc2c(F)cc(Br)cc2F)CC1. The maximum absolute atomic E-state index is 13.6. The topological polar surface area (TPSA) is 15.3 Å². The van der Waals surface area contributed by atoms with Gasteiger partial charge in [0, 0.05) is 11.0 Å². The largest absolute Gasteiger partial charge is 0.380 e. The first-order chi connectivity index (χ1) is 8.56. The van der Waals surface area contributed by atoms with E-state index in [4.69, 9.17) is 0 Å². The Bertz CT molecular complexity index is 394. The first kappa shape index (κ1) is 13.7. The number of nitrogens with one attached hydrogen (secondary N) is 1. The molecule has 2 rings (SSSR count). The molecule has 0 amide bonds. The summed E-state index contributed by atoms with van der Waals surface area (Å²) >= 11 is 3.07. The maximum Gasteiger partial charge on any atom is 0.150 e. The number of halogens is 3. The van der Waals surface area contributed by atoms with Gasteiger partial charge in [-0.25, -0.2) is 8.78 Å². The summed E-state index contributed by atoms with van der Waals surface area (Å²) in [5, 5.41) is 2.90. The Morgan fingerprint density at radius 2 is 1.83 bits per heavy atom. The highest BCUT2D eigenvalue weighted by Crippen LogP contribution is 2.25. The zero-order chi connectivity index (χ0) is 13.1. The number of rotatable bonds is 3. The average molecular weight is 319 g/mol. The van der Waals surface area contributed by atoms with Gasteiger partial charge in [-0.05, 0) is 51.0 Å². The summed E-state index contributed by atoms with van der Waals surface area (Å²) in [6.07, 6.45) is 2.15. The van der Waals surface area contributed by atoms with E-state index in [9.17, 15) is 8.78 Å². The van der Waals surface area contributed by atoms with Gasteiger partial charge >= 0.3 is 0 Å². The fourth-order valence-corrected chi connectivity index (χ4v) is 2.63. The molecular formula is C13H17BrF2N2. The summed E-state index contributed by atoms with van der Waals surface area (Å²) in [7, 11) is 2.09. The maximum atomic E-state index is 13.6. The lowest BCUT2D eigenvalue weighted by molar-refractivity contribution is 0.226. The van der Waals surface area contributed by atoms with Crippen molar-refractivity contribution in [2.75, 3.05) is 32.0 Å². The van der Waals surface area contributed by atoms with Crippen molar-refractivity contribution in [1.29, 1.82) is 0 Å². The number of likely N-dealkylation sites (tertiary alicyclic amines) is 1. The Labute approximate surface area is 114 Å². The van der Waals surface area contributed by atoms with Crippen LogP contribution < -0.4 is 5.32 Å². The first-order valence-corrected chi connectivity index (χ1v) is 6.92. The zero-order valence-corrected chi connectivity index (χ0v) is 11.9. The zero-order valence-electron chi connectivity index (χ0n) is 10.3. The highest BCUT2D eigenvalue weighted by molar-refractivity contribution is 9.10. The predicted octanol–water partition coefficient (Wildman–Crippen LogP) is 3.48. The van der Waals surface area contributed by atoms with Crippen molar-refractivity contribution in [1.82, 2.24) is 4.90 Å². The Morgan fingerprint density at radius 3 is 2.39 bits per heavy atom. The predicted molar refractivity (Wildman–Crippen MR) is 72.8 cm³/mol. The van der Waals surface area contributed by atoms with Gasteiger partial charge in [0.25, 0.3) is 0 Å². The highest BCUT2D eigenvalue weighted by atomic mass is 79.9. The van der Waals surface area contributed by atoms with E-state index in [1.807, 2.05) is 0 Å². The third-order valence-electron chi connectivity index (χ3n) is 3.41. The molecule has 0 aliphatic carbocycles. The molecule has 1 fully saturated rings. The van der Waals surface area contributed by atoms with E-state index in [0.29, 0.717) is 16.9 Å². The summed E-state index contributed by atoms with van der Waals surface area (Å²) in [5.41, 5.74) is -0.0165. The molecule has 1 N–H and O–H groups in total. The summed E-state index contributed by atoms with van der Waals surface area (Å²) in [6, 6.07) is 2.56. The van der Waals surface area contributed by atoms with Crippen LogP contribution in [0.1, 0.15) is 12.8 Å². The Morgan fingerprint density at radius 1 is 1.28 bits per heavy atom. The molecule has 0 unspecified atom stereocenters. The van der Waals surface area contributed by atoms with Gasteiger partial charge in [-0.2, -0.15) is 0 Å². The lowest BCUT2D eigenvalue weighted by Gasteiger charge is -2.29. The van der Waals surface area contributed by atoms with Gasteiger partial charge < -0.3 is 10.2 Å². The van der Waals surface area contributed by atoms with Crippen molar-refractivity contribution < 1.29 is 8.78 Å². The van der Waals surface area contributed by atoms with Crippen molar-refractivity contribution in [3.8, 4) is 0 Å². The molecule has 1 heterocycles. The lowest BCUT2D eigenvalue weighted by Crippen LogP contribution is -2.33. The third-order valence-corrected chi connectivity index (χ3v) is 3.87. The van der Waals surface area contributed by atoms with Crippen LogP contribution in [0.15, 0.2) is 16.6 Å². The second kappa shape index (κ2) is 5.97. The van der Waals surface area contributed by atoms with Gasteiger partial charge in [0.05, 0.1) is 0 Å². The van der Waals surface area contributed by atoms with Crippen LogP contribution in [-0.2, 0) is 0 Å². The summed E-state index contributed by atoms with van der Waals surface area (Å²) in [6.45, 7) is 2.73. The fraction of sp³-hybridized carbons (Fsp3) is 0.538. The third kappa shape index (κ3) is 3.42. The lowest BCUT2D eigenvalue weighted by atomic mass is 9.97. The summed E-state index contributed by atoms with van der Waals surface area (Å²) in [4.78, 5) is 2.28. The molecule has 1 aromatic carbocycles. The average Bonchev–Trinajstić information content (AvgIpc) is 2.30. The number of hydrogen-bond donors (Lipinski definition) is 1. The number of benzene rings is 1. The molecule has 0 saturated carbocycles. The minimum Gasteiger partial charge on any atom is -0.380 e. The Hall–Kier alpha value is -0.680. The first-order valence-electron chi connectivity index (χ1n) is 6.13. The second-order valence-corrected chi connectivity index (χ2v) is 5.79. The second-order valence-electron chi connectivity index (χ2n) is 4.87. The van der Waals surface area contributed by atoms with E-state index < -0.39 is 11.6 Å². The normalized spacial score (nSPS) is 18.0. The van der Waals surface area contributed by atoms with Crippen molar-refractivity contribution in [2.45, 2.75) is 12.8 Å². The van der Waals surface area contributed by atoms with Crippen LogP contribution in [-0.4, -0.2) is 31.6 Å². The van der Waals surface area contributed by atoms with Crippen LogP contribution in [0.5, 0.6) is 0 Å². The number of nitrogens with zero attached hydrogens (tertiary/aromatic N) is 1. The van der Waals surface area contributed by atoms with Crippen LogP contribution in [0.4, 0.5) is 14.5 Å². The molecule has 1 aromatic rings. The molecule has 2 nitrogen and oxygen atoms in total. The Kier molecular flexibility index (Phi) is 4.56. The van der Waals surface area contributed by atoms with E-state index in [1.54, 1.807) is 0 Å². The van der Waals surface area contributed by atoms with Crippen LogP contribution >= 0.6 is 15.9 Å². The molecule has 18 heavy (non-hydrogen) atoms. The van der Waals surface area contributed by atoms with Crippen LogP contribution in [0.3, 0.4) is 0 Å². The summed E-state index contributed by atoms with van der Waals surface area (Å²) in [5.74, 6) is -0.603. The van der Waals surface area contributed by atoms with Gasteiger partial charge in [-0.3, -0.25) is 0 Å². The van der Waals surface area contributed by atoms with Gasteiger partial charge in [-0.1, -0.05) is 15.9 Å². The van der Waals surface area contributed by atoms with Gasteiger partial charge in [0.1, 0.15) is 17.3 Å². The Balaban J connectivity index is 1.94. The van der Waals surface area contributed by atoms with Crippen molar-refractivity contribution >= 4 is 21.6 Å². The van der Waals surface area contributed by atoms with E-state index in [1.165, 1.54) is 12.1 Å². The minimum atomic E-state index is -0.546.